The van der Waals surface area contributed by atoms with Crippen LogP contribution in [0.25, 0.3) is 11.4 Å². The number of benzene rings is 1. The lowest BCUT2D eigenvalue weighted by Gasteiger charge is -2.14. The highest BCUT2D eigenvalue weighted by atomic mass is 16.5. The summed E-state index contributed by atoms with van der Waals surface area (Å²) in [5, 5.41) is 6.97. The summed E-state index contributed by atoms with van der Waals surface area (Å²) in [5.41, 5.74) is 3.24. The molecule has 1 amide bonds. The van der Waals surface area contributed by atoms with Crippen LogP contribution in [-0.2, 0) is 12.8 Å². The number of amides is 1. The SMILES string of the molecule is O=C1NC[C@H](c2ccccc2)Cc2[nH]c(Cc3nc(-c4cccnc4)no3)nc21. The molecule has 1 aliphatic rings. The van der Waals surface area contributed by atoms with Crippen molar-refractivity contribution in [3.8, 4) is 11.4 Å². The number of nitrogens with zero attached hydrogens (tertiary/aromatic N) is 4. The fraction of sp³-hybridized carbons (Fsp3) is 0.190. The van der Waals surface area contributed by atoms with Crippen LogP contribution in [0.5, 0.6) is 0 Å². The molecule has 1 atom stereocenters. The first-order chi connectivity index (χ1) is 14.3. The molecule has 0 spiro atoms. The Labute approximate surface area is 166 Å². The van der Waals surface area contributed by atoms with Crippen molar-refractivity contribution in [2.75, 3.05) is 6.54 Å². The van der Waals surface area contributed by atoms with Crippen molar-refractivity contribution in [1.29, 1.82) is 0 Å². The maximum atomic E-state index is 12.5. The van der Waals surface area contributed by atoms with E-state index < -0.39 is 0 Å². The number of nitrogens with one attached hydrogen (secondary N) is 2. The summed E-state index contributed by atoms with van der Waals surface area (Å²) in [4.78, 5) is 28.7. The lowest BCUT2D eigenvalue weighted by molar-refractivity contribution is 0.0950. The van der Waals surface area contributed by atoms with E-state index in [1.54, 1.807) is 12.4 Å². The summed E-state index contributed by atoms with van der Waals surface area (Å²) in [6.45, 7) is 0.584. The average molecular weight is 386 g/mol. The molecule has 8 heteroatoms. The molecule has 0 bridgehead atoms. The standard InChI is InChI=1S/C21H18N6O2/c28-21-19-16(9-15(12-23-21)13-5-2-1-3-6-13)24-17(25-19)10-18-26-20(27-29-18)14-7-4-8-22-11-14/h1-8,11,15H,9-10,12H2,(H,23,28)(H,24,25)/t15-/m1/s1. The minimum Gasteiger partial charge on any atom is -0.350 e. The van der Waals surface area contributed by atoms with Gasteiger partial charge in [-0.3, -0.25) is 9.78 Å². The van der Waals surface area contributed by atoms with E-state index in [0.29, 0.717) is 42.6 Å². The predicted octanol–water partition coefficient (Wildman–Crippen LogP) is 2.52. The van der Waals surface area contributed by atoms with Gasteiger partial charge in [0.15, 0.2) is 0 Å². The molecule has 144 valence electrons. The Balaban J connectivity index is 1.38. The Kier molecular flexibility index (Phi) is 4.36. The fourth-order valence-corrected chi connectivity index (χ4v) is 3.54. The van der Waals surface area contributed by atoms with Crippen LogP contribution in [0, 0.1) is 0 Å². The average Bonchev–Trinajstić information content (AvgIpc) is 3.36. The Bertz CT molecular complexity index is 1140. The highest BCUT2D eigenvalue weighted by molar-refractivity contribution is 5.94. The number of hydrogen-bond acceptors (Lipinski definition) is 6. The van der Waals surface area contributed by atoms with Crippen LogP contribution >= 0.6 is 0 Å². The third kappa shape index (κ3) is 3.52. The van der Waals surface area contributed by atoms with Crippen molar-refractivity contribution in [1.82, 2.24) is 30.4 Å². The fourth-order valence-electron chi connectivity index (χ4n) is 3.54. The van der Waals surface area contributed by atoms with E-state index in [2.05, 4.69) is 42.5 Å². The number of carbonyl (C=O) groups is 1. The number of fused-ring (bicyclic) bond motifs is 1. The molecule has 0 fully saturated rings. The Morgan fingerprint density at radius 3 is 2.83 bits per heavy atom. The van der Waals surface area contributed by atoms with Gasteiger partial charge in [0.05, 0.1) is 6.42 Å². The van der Waals surface area contributed by atoms with Gasteiger partial charge in [-0.05, 0) is 24.1 Å². The number of H-pyrrole nitrogens is 1. The second kappa shape index (κ2) is 7.31. The van der Waals surface area contributed by atoms with Gasteiger partial charge in [0.25, 0.3) is 5.91 Å². The molecule has 5 rings (SSSR count). The Hall–Kier alpha value is -3.81. The molecule has 8 nitrogen and oxygen atoms in total. The van der Waals surface area contributed by atoms with Gasteiger partial charge in [0.2, 0.25) is 11.7 Å². The summed E-state index contributed by atoms with van der Waals surface area (Å²) in [5.74, 6) is 1.55. The lowest BCUT2D eigenvalue weighted by atomic mass is 9.94. The molecular weight excluding hydrogens is 368 g/mol. The predicted molar refractivity (Wildman–Crippen MR) is 104 cm³/mol. The number of hydrogen-bond donors (Lipinski definition) is 2. The molecule has 3 aromatic heterocycles. The molecule has 2 N–H and O–H groups in total. The molecule has 1 aliphatic heterocycles. The van der Waals surface area contributed by atoms with Crippen LogP contribution in [0.4, 0.5) is 0 Å². The second-order valence-corrected chi connectivity index (χ2v) is 6.96. The van der Waals surface area contributed by atoms with Crippen molar-refractivity contribution >= 4 is 5.91 Å². The molecule has 0 saturated heterocycles. The summed E-state index contributed by atoms with van der Waals surface area (Å²) in [6, 6.07) is 13.9. The summed E-state index contributed by atoms with van der Waals surface area (Å²) in [7, 11) is 0. The molecule has 4 heterocycles. The Morgan fingerprint density at radius 1 is 1.10 bits per heavy atom. The first-order valence-corrected chi connectivity index (χ1v) is 9.40. The highest BCUT2D eigenvalue weighted by Gasteiger charge is 2.26. The zero-order valence-electron chi connectivity index (χ0n) is 15.5. The molecule has 0 aliphatic carbocycles. The van der Waals surface area contributed by atoms with Crippen LogP contribution in [-0.4, -0.2) is 37.5 Å². The zero-order valence-corrected chi connectivity index (χ0v) is 15.5. The van der Waals surface area contributed by atoms with Gasteiger partial charge in [0.1, 0.15) is 11.5 Å². The van der Waals surface area contributed by atoms with Crippen LogP contribution < -0.4 is 5.32 Å². The molecule has 0 radical (unpaired) electrons. The van der Waals surface area contributed by atoms with Gasteiger partial charge in [-0.15, -0.1) is 0 Å². The number of aromatic nitrogens is 5. The number of rotatable bonds is 4. The quantitative estimate of drug-likeness (QED) is 0.558. The maximum absolute atomic E-state index is 12.5. The molecule has 0 saturated carbocycles. The monoisotopic (exact) mass is 386 g/mol. The highest BCUT2D eigenvalue weighted by Crippen LogP contribution is 2.24. The van der Waals surface area contributed by atoms with Crippen molar-refractivity contribution in [3.05, 3.63) is 83.5 Å². The van der Waals surface area contributed by atoms with Gasteiger partial charge < -0.3 is 14.8 Å². The van der Waals surface area contributed by atoms with E-state index in [1.807, 2.05) is 30.3 Å². The first kappa shape index (κ1) is 17.3. The third-order valence-electron chi connectivity index (χ3n) is 4.98. The smallest absolute Gasteiger partial charge is 0.271 e. The van der Waals surface area contributed by atoms with Crippen LogP contribution in [0.1, 0.15) is 39.4 Å². The van der Waals surface area contributed by atoms with Gasteiger partial charge in [-0.2, -0.15) is 4.98 Å². The number of imidazole rings is 1. The molecule has 0 unspecified atom stereocenters. The topological polar surface area (TPSA) is 110 Å². The van der Waals surface area contributed by atoms with Crippen molar-refractivity contribution in [2.45, 2.75) is 18.8 Å². The van der Waals surface area contributed by atoms with Gasteiger partial charge in [-0.25, -0.2) is 4.98 Å². The van der Waals surface area contributed by atoms with Gasteiger partial charge in [0, 0.05) is 36.1 Å². The van der Waals surface area contributed by atoms with Gasteiger partial charge in [-0.1, -0.05) is 35.5 Å². The second-order valence-electron chi connectivity index (χ2n) is 6.96. The third-order valence-corrected chi connectivity index (χ3v) is 4.98. The summed E-state index contributed by atoms with van der Waals surface area (Å²) in [6.07, 6.45) is 4.39. The number of pyridine rings is 1. The lowest BCUT2D eigenvalue weighted by Crippen LogP contribution is -2.26. The van der Waals surface area contributed by atoms with E-state index in [1.165, 1.54) is 5.56 Å². The maximum Gasteiger partial charge on any atom is 0.271 e. The van der Waals surface area contributed by atoms with E-state index >= 15 is 0 Å². The first-order valence-electron chi connectivity index (χ1n) is 9.40. The summed E-state index contributed by atoms with van der Waals surface area (Å²) < 4.78 is 5.35. The van der Waals surface area contributed by atoms with Crippen molar-refractivity contribution < 1.29 is 9.32 Å². The van der Waals surface area contributed by atoms with Crippen molar-refractivity contribution in [3.63, 3.8) is 0 Å². The largest absolute Gasteiger partial charge is 0.350 e. The molecule has 1 aromatic carbocycles. The van der Waals surface area contributed by atoms with E-state index in [9.17, 15) is 4.79 Å². The van der Waals surface area contributed by atoms with E-state index in [4.69, 9.17) is 4.52 Å². The van der Waals surface area contributed by atoms with Crippen LogP contribution in [0.15, 0.2) is 59.4 Å². The Morgan fingerprint density at radius 2 is 2.00 bits per heavy atom. The minimum absolute atomic E-state index is 0.164. The van der Waals surface area contributed by atoms with Crippen LogP contribution in [0.2, 0.25) is 0 Å². The minimum atomic E-state index is -0.164. The normalized spacial score (nSPS) is 16.1. The molecule has 4 aromatic rings. The van der Waals surface area contributed by atoms with Crippen molar-refractivity contribution in [2.24, 2.45) is 0 Å². The zero-order chi connectivity index (χ0) is 19.6. The number of aromatic amines is 1. The van der Waals surface area contributed by atoms with E-state index in [0.717, 1.165) is 11.3 Å². The molecule has 29 heavy (non-hydrogen) atoms. The van der Waals surface area contributed by atoms with E-state index in [-0.39, 0.29) is 11.8 Å². The van der Waals surface area contributed by atoms with Gasteiger partial charge >= 0.3 is 0 Å². The number of carbonyl (C=O) groups excluding carboxylic acids is 1. The molecular formula is C21H18N6O2. The summed E-state index contributed by atoms with van der Waals surface area (Å²) >= 11 is 0. The van der Waals surface area contributed by atoms with Crippen LogP contribution in [0.3, 0.4) is 0 Å².